The number of anilines is 1. The maximum Gasteiger partial charge on any atom is 0.277 e. The highest BCUT2D eigenvalue weighted by atomic mass is 79.9. The molecule has 6 heteroatoms. The average molecular weight is 460 g/mol. The summed E-state index contributed by atoms with van der Waals surface area (Å²) in [6.07, 6.45) is 0. The van der Waals surface area contributed by atoms with Crippen molar-refractivity contribution in [3.63, 3.8) is 0 Å². The predicted octanol–water partition coefficient (Wildman–Crippen LogP) is 5.43. The Hall–Kier alpha value is -3.51. The van der Waals surface area contributed by atoms with Crippen LogP contribution in [0.5, 0.6) is 0 Å². The third-order valence-corrected chi connectivity index (χ3v) is 5.63. The number of hydrogen-bond donors (Lipinski definition) is 2. The van der Waals surface area contributed by atoms with Gasteiger partial charge in [0.25, 0.3) is 11.5 Å². The number of aromatic amines is 1. The molecule has 0 bridgehead atoms. The molecule has 0 fully saturated rings. The summed E-state index contributed by atoms with van der Waals surface area (Å²) in [5, 5.41) is 9.62. The Bertz CT molecular complexity index is 1270. The Labute approximate surface area is 181 Å². The number of carbonyl (C=O) groups excluding carboxylic acids is 1. The lowest BCUT2D eigenvalue weighted by atomic mass is 9.95. The number of nitrogens with one attached hydrogen (secondary N) is 2. The Kier molecular flexibility index (Phi) is 5.59. The quantitative estimate of drug-likeness (QED) is 0.427. The van der Waals surface area contributed by atoms with Crippen molar-refractivity contribution in [2.45, 2.75) is 6.92 Å². The lowest BCUT2D eigenvalue weighted by Crippen LogP contribution is -2.26. The van der Waals surface area contributed by atoms with Gasteiger partial charge in [-0.05, 0) is 36.2 Å². The summed E-state index contributed by atoms with van der Waals surface area (Å²) >= 11 is 3.45. The van der Waals surface area contributed by atoms with Gasteiger partial charge < -0.3 is 5.32 Å². The van der Waals surface area contributed by atoms with E-state index in [1.165, 1.54) is 0 Å². The summed E-state index contributed by atoms with van der Waals surface area (Å²) in [6.45, 7) is 1.93. The first-order valence-electron chi connectivity index (χ1n) is 9.35. The molecule has 4 aromatic rings. The second kappa shape index (κ2) is 8.47. The smallest absolute Gasteiger partial charge is 0.277 e. The highest BCUT2D eigenvalue weighted by Crippen LogP contribution is 2.32. The van der Waals surface area contributed by atoms with Gasteiger partial charge in [-0.2, -0.15) is 5.10 Å². The van der Waals surface area contributed by atoms with Crippen LogP contribution in [0.2, 0.25) is 0 Å². The molecule has 0 saturated heterocycles. The van der Waals surface area contributed by atoms with Gasteiger partial charge in [-0.25, -0.2) is 5.10 Å². The first kappa shape index (κ1) is 19.8. The maximum absolute atomic E-state index is 13.2. The van der Waals surface area contributed by atoms with E-state index in [-0.39, 0.29) is 5.56 Å². The molecule has 5 nitrogen and oxygen atoms in total. The van der Waals surface area contributed by atoms with E-state index in [1.807, 2.05) is 79.7 Å². The average Bonchev–Trinajstić information content (AvgIpc) is 2.77. The summed E-state index contributed by atoms with van der Waals surface area (Å²) in [5.41, 5.74) is 3.65. The van der Waals surface area contributed by atoms with E-state index in [1.54, 1.807) is 6.07 Å². The van der Waals surface area contributed by atoms with Crippen LogP contribution in [-0.4, -0.2) is 16.1 Å². The molecule has 3 aromatic carbocycles. The summed E-state index contributed by atoms with van der Waals surface area (Å²) < 4.78 is 0.943. The van der Waals surface area contributed by atoms with Gasteiger partial charge in [0.05, 0.1) is 5.69 Å². The van der Waals surface area contributed by atoms with Crippen LogP contribution in [0.1, 0.15) is 15.9 Å². The first-order chi connectivity index (χ1) is 14.5. The number of hydrogen-bond acceptors (Lipinski definition) is 3. The fourth-order valence-corrected chi connectivity index (χ4v) is 3.52. The molecule has 148 valence electrons. The minimum atomic E-state index is -0.542. The number of rotatable bonds is 4. The molecule has 1 amide bonds. The molecule has 2 N–H and O–H groups in total. The van der Waals surface area contributed by atoms with E-state index in [9.17, 15) is 9.59 Å². The largest absolute Gasteiger partial charge is 0.322 e. The van der Waals surface area contributed by atoms with Gasteiger partial charge in [0.2, 0.25) is 0 Å². The second-order valence-corrected chi connectivity index (χ2v) is 7.66. The van der Waals surface area contributed by atoms with E-state index >= 15 is 0 Å². The van der Waals surface area contributed by atoms with Gasteiger partial charge in [-0.1, -0.05) is 76.6 Å². The molecule has 0 radical (unpaired) electrons. The van der Waals surface area contributed by atoms with E-state index in [4.69, 9.17) is 0 Å². The van der Waals surface area contributed by atoms with Crippen LogP contribution in [0.25, 0.3) is 22.4 Å². The standard InChI is InChI=1S/C24H18BrN3O2/c1-15-14-18(12-13-19(15)25)26-23(29)21-20(16-8-4-2-5-9-16)22(27-28-24(21)30)17-10-6-3-7-11-17/h2-14H,1H3,(H,26,29)(H,28,30). The van der Waals surface area contributed by atoms with Crippen LogP contribution in [0, 0.1) is 6.92 Å². The van der Waals surface area contributed by atoms with Gasteiger partial charge in [0, 0.05) is 21.3 Å². The predicted molar refractivity (Wildman–Crippen MR) is 123 cm³/mol. The lowest BCUT2D eigenvalue weighted by molar-refractivity contribution is 0.102. The van der Waals surface area contributed by atoms with E-state index in [2.05, 4.69) is 31.4 Å². The van der Waals surface area contributed by atoms with Crippen LogP contribution in [0.4, 0.5) is 5.69 Å². The van der Waals surface area contributed by atoms with Crippen molar-refractivity contribution in [2.75, 3.05) is 5.32 Å². The van der Waals surface area contributed by atoms with E-state index < -0.39 is 11.5 Å². The fraction of sp³-hybridized carbons (Fsp3) is 0.0417. The number of aromatic nitrogens is 2. The van der Waals surface area contributed by atoms with Gasteiger partial charge in [0.1, 0.15) is 5.56 Å². The van der Waals surface area contributed by atoms with Gasteiger partial charge in [-0.15, -0.1) is 0 Å². The van der Waals surface area contributed by atoms with Gasteiger partial charge >= 0.3 is 0 Å². The summed E-state index contributed by atoms with van der Waals surface area (Å²) in [7, 11) is 0. The number of amides is 1. The van der Waals surface area contributed by atoms with Crippen molar-refractivity contribution in [1.82, 2.24) is 10.2 Å². The number of aryl methyl sites for hydroxylation is 1. The highest BCUT2D eigenvalue weighted by molar-refractivity contribution is 9.10. The summed E-state index contributed by atoms with van der Waals surface area (Å²) in [5.74, 6) is -0.489. The second-order valence-electron chi connectivity index (χ2n) is 6.80. The lowest BCUT2D eigenvalue weighted by Gasteiger charge is -2.14. The summed E-state index contributed by atoms with van der Waals surface area (Å²) in [4.78, 5) is 26.0. The summed E-state index contributed by atoms with van der Waals surface area (Å²) in [6, 6.07) is 24.3. The van der Waals surface area contributed by atoms with Crippen LogP contribution in [0.15, 0.2) is 88.1 Å². The Morgan fingerprint density at radius 1 is 0.933 bits per heavy atom. The van der Waals surface area contributed by atoms with Gasteiger partial charge in [-0.3, -0.25) is 9.59 Å². The maximum atomic E-state index is 13.2. The molecule has 4 rings (SSSR count). The molecule has 0 aliphatic rings. The van der Waals surface area contributed by atoms with Crippen molar-refractivity contribution in [3.8, 4) is 22.4 Å². The first-order valence-corrected chi connectivity index (χ1v) is 10.1. The zero-order chi connectivity index (χ0) is 21.1. The normalized spacial score (nSPS) is 10.6. The molecule has 0 atom stereocenters. The van der Waals surface area contributed by atoms with Crippen molar-refractivity contribution >= 4 is 27.5 Å². The van der Waals surface area contributed by atoms with E-state index in [0.29, 0.717) is 16.9 Å². The molecule has 1 aromatic heterocycles. The molecule has 0 aliphatic carbocycles. The number of nitrogens with zero attached hydrogens (tertiary/aromatic N) is 1. The number of H-pyrrole nitrogens is 1. The minimum absolute atomic E-state index is 0.0237. The molecule has 0 spiro atoms. The monoisotopic (exact) mass is 459 g/mol. The third-order valence-electron chi connectivity index (χ3n) is 4.74. The minimum Gasteiger partial charge on any atom is -0.322 e. The number of carbonyl (C=O) groups is 1. The zero-order valence-electron chi connectivity index (χ0n) is 16.1. The van der Waals surface area contributed by atoms with Crippen molar-refractivity contribution in [3.05, 3.63) is 105 Å². The third kappa shape index (κ3) is 3.95. The molecule has 0 unspecified atom stereocenters. The SMILES string of the molecule is Cc1cc(NC(=O)c2c(-c3ccccc3)c(-c3ccccc3)n[nH]c2=O)ccc1Br. The molecular formula is C24H18BrN3O2. The highest BCUT2D eigenvalue weighted by Gasteiger charge is 2.23. The van der Waals surface area contributed by atoms with Gasteiger partial charge in [0.15, 0.2) is 0 Å². The molecule has 0 saturated carbocycles. The fourth-order valence-electron chi connectivity index (χ4n) is 3.27. The molecule has 30 heavy (non-hydrogen) atoms. The Morgan fingerprint density at radius 3 is 2.20 bits per heavy atom. The molecule has 0 aliphatic heterocycles. The topological polar surface area (TPSA) is 74.8 Å². The van der Waals surface area contributed by atoms with Crippen molar-refractivity contribution < 1.29 is 4.79 Å². The van der Waals surface area contributed by atoms with Crippen LogP contribution in [0.3, 0.4) is 0 Å². The van der Waals surface area contributed by atoms with E-state index in [0.717, 1.165) is 21.2 Å². The number of benzene rings is 3. The molecular weight excluding hydrogens is 442 g/mol. The zero-order valence-corrected chi connectivity index (χ0v) is 17.7. The Balaban J connectivity index is 1.89. The molecule has 1 heterocycles. The van der Waals surface area contributed by atoms with Crippen LogP contribution < -0.4 is 10.9 Å². The van der Waals surface area contributed by atoms with Crippen molar-refractivity contribution in [1.29, 1.82) is 0 Å². The Morgan fingerprint density at radius 2 is 1.57 bits per heavy atom. The van der Waals surface area contributed by atoms with Crippen LogP contribution in [-0.2, 0) is 0 Å². The van der Waals surface area contributed by atoms with Crippen molar-refractivity contribution in [2.24, 2.45) is 0 Å². The number of halogens is 1. The van der Waals surface area contributed by atoms with Crippen LogP contribution >= 0.6 is 15.9 Å².